The average Bonchev–Trinajstić information content (AvgIpc) is 2.58. The molecule has 108 valence electrons. The van der Waals surface area contributed by atoms with E-state index in [4.69, 9.17) is 0 Å². The zero-order valence-electron chi connectivity index (χ0n) is 11.6. The molecule has 0 fully saturated rings. The lowest BCUT2D eigenvalue weighted by atomic mass is 9.96. The molecule has 22 heavy (non-hydrogen) atoms. The number of carbonyl (C=O) groups is 1. The number of aromatic nitrogens is 2. The van der Waals surface area contributed by atoms with Gasteiger partial charge in [0.2, 0.25) is 0 Å². The van der Waals surface area contributed by atoms with Gasteiger partial charge in [-0.1, -0.05) is 24.3 Å². The van der Waals surface area contributed by atoms with Crippen LogP contribution in [0.3, 0.4) is 0 Å². The Morgan fingerprint density at radius 2 is 2.00 bits per heavy atom. The number of benzene rings is 1. The van der Waals surface area contributed by atoms with Gasteiger partial charge in [-0.05, 0) is 24.1 Å². The summed E-state index contributed by atoms with van der Waals surface area (Å²) in [6, 6.07) is 10.7. The summed E-state index contributed by atoms with van der Waals surface area (Å²) in [6.07, 6.45) is 1.35. The molecule has 0 saturated carbocycles. The summed E-state index contributed by atoms with van der Waals surface area (Å²) in [6.45, 7) is 0.518. The first kappa shape index (κ1) is 12.8. The number of hydrogen-bond acceptors (Lipinski definition) is 4. The molecule has 0 saturated heterocycles. The van der Waals surface area contributed by atoms with E-state index < -0.39 is 0 Å². The highest BCUT2D eigenvalue weighted by molar-refractivity contribution is 5.92. The SMILES string of the molecule is O=Cc1ccc2c(=O)n3c(c(O)c2n1)-c1ccccc1CC3. The molecule has 3 heterocycles. The Balaban J connectivity index is 2.18. The third kappa shape index (κ3) is 1.62. The molecule has 1 aliphatic heterocycles. The van der Waals surface area contributed by atoms with Crippen LogP contribution in [-0.4, -0.2) is 20.9 Å². The molecule has 0 bridgehead atoms. The largest absolute Gasteiger partial charge is 0.504 e. The fourth-order valence-electron chi connectivity index (χ4n) is 3.07. The Morgan fingerprint density at radius 1 is 1.18 bits per heavy atom. The molecule has 0 radical (unpaired) electrons. The maximum Gasteiger partial charge on any atom is 0.260 e. The van der Waals surface area contributed by atoms with E-state index in [2.05, 4.69) is 4.98 Å². The lowest BCUT2D eigenvalue weighted by Crippen LogP contribution is -2.26. The maximum atomic E-state index is 12.7. The Hall–Kier alpha value is -2.95. The molecule has 2 aromatic heterocycles. The van der Waals surface area contributed by atoms with E-state index in [0.29, 0.717) is 23.9 Å². The number of rotatable bonds is 1. The average molecular weight is 292 g/mol. The first-order valence-electron chi connectivity index (χ1n) is 7.00. The van der Waals surface area contributed by atoms with Gasteiger partial charge in [-0.3, -0.25) is 9.59 Å². The Labute approximate surface area is 125 Å². The van der Waals surface area contributed by atoms with Crippen LogP contribution in [-0.2, 0) is 13.0 Å². The summed E-state index contributed by atoms with van der Waals surface area (Å²) in [5.74, 6) is -0.0505. The van der Waals surface area contributed by atoms with Crippen molar-refractivity contribution in [2.75, 3.05) is 0 Å². The second-order valence-electron chi connectivity index (χ2n) is 5.31. The van der Waals surface area contributed by atoms with Crippen LogP contribution in [0.15, 0.2) is 41.2 Å². The van der Waals surface area contributed by atoms with Gasteiger partial charge in [0, 0.05) is 12.1 Å². The first-order chi connectivity index (χ1) is 10.7. The Bertz CT molecular complexity index is 989. The molecule has 1 aromatic carbocycles. The lowest BCUT2D eigenvalue weighted by molar-refractivity contribution is 0.111. The molecular formula is C17H12N2O3. The van der Waals surface area contributed by atoms with Gasteiger partial charge >= 0.3 is 0 Å². The first-order valence-corrected chi connectivity index (χ1v) is 7.00. The number of aryl methyl sites for hydroxylation is 1. The topological polar surface area (TPSA) is 72.2 Å². The molecule has 1 aliphatic rings. The zero-order chi connectivity index (χ0) is 15.3. The monoisotopic (exact) mass is 292 g/mol. The van der Waals surface area contributed by atoms with Crippen LogP contribution in [0.25, 0.3) is 22.2 Å². The van der Waals surface area contributed by atoms with Crippen molar-refractivity contribution in [3.63, 3.8) is 0 Å². The molecule has 5 nitrogen and oxygen atoms in total. The van der Waals surface area contributed by atoms with Crippen LogP contribution in [0.1, 0.15) is 16.1 Å². The minimum Gasteiger partial charge on any atom is -0.504 e. The molecule has 0 spiro atoms. The van der Waals surface area contributed by atoms with Gasteiger partial charge in [0.15, 0.2) is 12.0 Å². The number of nitrogens with zero attached hydrogens (tertiary/aromatic N) is 2. The van der Waals surface area contributed by atoms with Crippen LogP contribution in [0, 0.1) is 0 Å². The highest BCUT2D eigenvalue weighted by Crippen LogP contribution is 2.37. The summed E-state index contributed by atoms with van der Waals surface area (Å²) in [5.41, 5.74) is 2.58. The summed E-state index contributed by atoms with van der Waals surface area (Å²) < 4.78 is 1.59. The molecule has 0 aliphatic carbocycles. The molecule has 0 unspecified atom stereocenters. The maximum absolute atomic E-state index is 12.7. The van der Waals surface area contributed by atoms with E-state index in [1.165, 1.54) is 6.07 Å². The second kappa shape index (κ2) is 4.53. The van der Waals surface area contributed by atoms with Crippen molar-refractivity contribution in [2.45, 2.75) is 13.0 Å². The van der Waals surface area contributed by atoms with Gasteiger partial charge in [-0.25, -0.2) is 4.98 Å². The van der Waals surface area contributed by atoms with Crippen LogP contribution in [0.2, 0.25) is 0 Å². The number of carbonyl (C=O) groups excluding carboxylic acids is 1. The van der Waals surface area contributed by atoms with Crippen molar-refractivity contribution in [1.82, 2.24) is 9.55 Å². The van der Waals surface area contributed by atoms with Crippen LogP contribution in [0.4, 0.5) is 0 Å². The molecule has 3 aromatic rings. The summed E-state index contributed by atoms with van der Waals surface area (Å²) in [7, 11) is 0. The number of aromatic hydroxyl groups is 1. The van der Waals surface area contributed by atoms with E-state index in [1.54, 1.807) is 10.6 Å². The van der Waals surface area contributed by atoms with E-state index in [-0.39, 0.29) is 22.5 Å². The van der Waals surface area contributed by atoms with Crippen molar-refractivity contribution < 1.29 is 9.90 Å². The minimum absolute atomic E-state index is 0.0505. The zero-order valence-corrected chi connectivity index (χ0v) is 11.6. The van der Waals surface area contributed by atoms with E-state index in [0.717, 1.165) is 17.5 Å². The van der Waals surface area contributed by atoms with Gasteiger partial charge in [0.1, 0.15) is 11.2 Å². The molecule has 4 rings (SSSR count). The summed E-state index contributed by atoms with van der Waals surface area (Å²) in [5, 5.41) is 11.0. The predicted octanol–water partition coefficient (Wildman–Crippen LogP) is 2.14. The van der Waals surface area contributed by atoms with Crippen LogP contribution < -0.4 is 5.56 Å². The van der Waals surface area contributed by atoms with Crippen molar-refractivity contribution in [1.29, 1.82) is 0 Å². The molecule has 0 atom stereocenters. The van der Waals surface area contributed by atoms with Gasteiger partial charge in [0.05, 0.1) is 11.1 Å². The second-order valence-corrected chi connectivity index (χ2v) is 5.31. The van der Waals surface area contributed by atoms with E-state index in [1.807, 2.05) is 24.3 Å². The molecule has 5 heteroatoms. The standard InChI is InChI=1S/C17H12N2O3/c20-9-11-5-6-13-14(18-11)16(21)15-12-4-2-1-3-10(12)7-8-19(15)17(13)22/h1-6,9,21H,7-8H2. The van der Waals surface area contributed by atoms with E-state index >= 15 is 0 Å². The number of hydrogen-bond donors (Lipinski definition) is 1. The lowest BCUT2D eigenvalue weighted by Gasteiger charge is -2.23. The molecule has 0 amide bonds. The Morgan fingerprint density at radius 3 is 2.82 bits per heavy atom. The minimum atomic E-state index is -0.192. The molecular weight excluding hydrogens is 280 g/mol. The van der Waals surface area contributed by atoms with Gasteiger partial charge in [-0.15, -0.1) is 0 Å². The van der Waals surface area contributed by atoms with E-state index in [9.17, 15) is 14.7 Å². The van der Waals surface area contributed by atoms with Gasteiger partial charge in [0.25, 0.3) is 5.56 Å². The Kier molecular flexibility index (Phi) is 2.63. The van der Waals surface area contributed by atoms with Crippen molar-refractivity contribution in [2.24, 2.45) is 0 Å². The van der Waals surface area contributed by atoms with Crippen LogP contribution in [0.5, 0.6) is 5.75 Å². The fourth-order valence-corrected chi connectivity index (χ4v) is 3.07. The van der Waals surface area contributed by atoms with Crippen molar-refractivity contribution in [3.05, 3.63) is 58.0 Å². The third-order valence-electron chi connectivity index (χ3n) is 4.11. The summed E-state index contributed by atoms with van der Waals surface area (Å²) >= 11 is 0. The van der Waals surface area contributed by atoms with Crippen molar-refractivity contribution >= 4 is 17.2 Å². The molecule has 1 N–H and O–H groups in total. The summed E-state index contributed by atoms with van der Waals surface area (Å²) in [4.78, 5) is 27.7. The fraction of sp³-hybridized carbons (Fsp3) is 0.118. The normalized spacial score (nSPS) is 12.7. The van der Waals surface area contributed by atoms with Gasteiger partial charge < -0.3 is 9.67 Å². The predicted molar refractivity (Wildman–Crippen MR) is 82.2 cm³/mol. The number of aldehydes is 1. The quantitative estimate of drug-likeness (QED) is 0.697. The number of fused-ring (bicyclic) bond motifs is 4. The van der Waals surface area contributed by atoms with Crippen LogP contribution >= 0.6 is 0 Å². The smallest absolute Gasteiger partial charge is 0.260 e. The highest BCUT2D eigenvalue weighted by Gasteiger charge is 2.23. The van der Waals surface area contributed by atoms with Crippen molar-refractivity contribution in [3.8, 4) is 17.0 Å². The van der Waals surface area contributed by atoms with Gasteiger partial charge in [-0.2, -0.15) is 0 Å². The third-order valence-corrected chi connectivity index (χ3v) is 4.11. The number of pyridine rings is 2. The highest BCUT2D eigenvalue weighted by atomic mass is 16.3.